The third-order valence-electron chi connectivity index (χ3n) is 3.26. The van der Waals surface area contributed by atoms with E-state index in [1.54, 1.807) is 12.1 Å². The Bertz CT molecular complexity index is 920. The Labute approximate surface area is 135 Å². The highest BCUT2D eigenvalue weighted by atomic mass is 16.1. The van der Waals surface area contributed by atoms with Gasteiger partial charge in [0.15, 0.2) is 0 Å². The van der Waals surface area contributed by atoms with Gasteiger partial charge in [-0.05, 0) is 49.2 Å². The Morgan fingerprint density at radius 3 is 2.39 bits per heavy atom. The van der Waals surface area contributed by atoms with Crippen LogP contribution in [0.4, 0.5) is 0 Å². The molecule has 0 radical (unpaired) electrons. The van der Waals surface area contributed by atoms with Crippen LogP contribution >= 0.6 is 0 Å². The van der Waals surface area contributed by atoms with Crippen molar-refractivity contribution in [3.8, 4) is 23.2 Å². The monoisotopic (exact) mass is 298 g/mol. The van der Waals surface area contributed by atoms with Gasteiger partial charge in [0.2, 0.25) is 0 Å². The lowest BCUT2D eigenvalue weighted by Crippen LogP contribution is -1.91. The SMILES string of the molecule is Cc1cccc(-c2cccc(C#Cc3cccc(C=O)c3)n2)n1. The van der Waals surface area contributed by atoms with E-state index in [-0.39, 0.29) is 0 Å². The number of aromatic nitrogens is 2. The number of benzene rings is 1. The molecule has 0 bridgehead atoms. The van der Waals surface area contributed by atoms with Crippen molar-refractivity contribution < 1.29 is 4.79 Å². The Balaban J connectivity index is 1.92. The van der Waals surface area contributed by atoms with E-state index in [1.165, 1.54) is 0 Å². The van der Waals surface area contributed by atoms with Gasteiger partial charge in [-0.2, -0.15) is 0 Å². The summed E-state index contributed by atoms with van der Waals surface area (Å²) in [5.74, 6) is 6.07. The van der Waals surface area contributed by atoms with Crippen LogP contribution in [-0.4, -0.2) is 16.3 Å². The number of hydrogen-bond acceptors (Lipinski definition) is 3. The van der Waals surface area contributed by atoms with E-state index in [4.69, 9.17) is 0 Å². The first-order chi connectivity index (χ1) is 11.2. The highest BCUT2D eigenvalue weighted by Crippen LogP contribution is 2.14. The van der Waals surface area contributed by atoms with Crippen LogP contribution in [-0.2, 0) is 0 Å². The molecule has 3 nitrogen and oxygen atoms in total. The quantitative estimate of drug-likeness (QED) is 0.535. The van der Waals surface area contributed by atoms with Gasteiger partial charge < -0.3 is 0 Å². The number of rotatable bonds is 2. The van der Waals surface area contributed by atoms with Crippen molar-refractivity contribution in [2.75, 3.05) is 0 Å². The summed E-state index contributed by atoms with van der Waals surface area (Å²) in [6, 6.07) is 18.7. The van der Waals surface area contributed by atoms with Crippen molar-refractivity contribution in [1.29, 1.82) is 0 Å². The standard InChI is InChI=1S/C20H14N2O/c1-15-5-2-9-19(21-15)20-10-4-8-18(22-20)12-11-16-6-3-7-17(13-16)14-23/h2-10,13-14H,1H3. The molecule has 2 heterocycles. The number of aryl methyl sites for hydroxylation is 1. The summed E-state index contributed by atoms with van der Waals surface area (Å²) in [5.41, 5.74) is 4.64. The lowest BCUT2D eigenvalue weighted by Gasteiger charge is -2.01. The van der Waals surface area contributed by atoms with Gasteiger partial charge >= 0.3 is 0 Å². The molecule has 0 unspecified atom stereocenters. The van der Waals surface area contributed by atoms with E-state index in [0.717, 1.165) is 28.9 Å². The fourth-order valence-electron chi connectivity index (χ4n) is 2.16. The smallest absolute Gasteiger partial charge is 0.150 e. The molecule has 0 aliphatic heterocycles. The van der Waals surface area contributed by atoms with E-state index in [2.05, 4.69) is 21.8 Å². The second-order valence-electron chi connectivity index (χ2n) is 5.07. The Kier molecular flexibility index (Phi) is 4.26. The van der Waals surface area contributed by atoms with E-state index in [1.807, 2.05) is 55.5 Å². The Hall–Kier alpha value is -3.25. The molecule has 0 saturated heterocycles. The molecule has 23 heavy (non-hydrogen) atoms. The summed E-state index contributed by atoms with van der Waals surface area (Å²) >= 11 is 0. The second kappa shape index (κ2) is 6.67. The number of nitrogens with zero attached hydrogens (tertiary/aromatic N) is 2. The van der Waals surface area contributed by atoms with Crippen LogP contribution in [0.25, 0.3) is 11.4 Å². The first kappa shape index (κ1) is 14.7. The highest BCUT2D eigenvalue weighted by Gasteiger charge is 2.01. The molecule has 3 heteroatoms. The molecule has 0 N–H and O–H groups in total. The summed E-state index contributed by atoms with van der Waals surface area (Å²) in [7, 11) is 0. The van der Waals surface area contributed by atoms with Crippen LogP contribution in [0, 0.1) is 18.8 Å². The summed E-state index contributed by atoms with van der Waals surface area (Å²) in [6.07, 6.45) is 0.813. The molecule has 3 aromatic rings. The molecule has 3 rings (SSSR count). The van der Waals surface area contributed by atoms with Gasteiger partial charge in [0.1, 0.15) is 12.0 Å². The van der Waals surface area contributed by atoms with Crippen molar-refractivity contribution in [1.82, 2.24) is 9.97 Å². The van der Waals surface area contributed by atoms with Gasteiger partial charge in [-0.1, -0.05) is 30.2 Å². The van der Waals surface area contributed by atoms with Crippen molar-refractivity contribution in [3.05, 3.63) is 83.2 Å². The second-order valence-corrected chi connectivity index (χ2v) is 5.07. The molecule has 0 aliphatic rings. The van der Waals surface area contributed by atoms with Crippen molar-refractivity contribution in [2.45, 2.75) is 6.92 Å². The van der Waals surface area contributed by atoms with E-state index >= 15 is 0 Å². The van der Waals surface area contributed by atoms with Gasteiger partial charge in [0.05, 0.1) is 11.4 Å². The minimum absolute atomic E-state index is 0.613. The predicted molar refractivity (Wildman–Crippen MR) is 90.0 cm³/mol. The molecular weight excluding hydrogens is 284 g/mol. The number of pyridine rings is 2. The minimum Gasteiger partial charge on any atom is -0.298 e. The van der Waals surface area contributed by atoms with Crippen LogP contribution < -0.4 is 0 Å². The normalized spacial score (nSPS) is 9.78. The molecule has 0 saturated carbocycles. The average molecular weight is 298 g/mol. The number of carbonyl (C=O) groups is 1. The van der Waals surface area contributed by atoms with Gasteiger partial charge in [0.25, 0.3) is 0 Å². The lowest BCUT2D eigenvalue weighted by molar-refractivity contribution is 0.112. The molecule has 0 aliphatic carbocycles. The maximum Gasteiger partial charge on any atom is 0.150 e. The van der Waals surface area contributed by atoms with Crippen molar-refractivity contribution in [2.24, 2.45) is 0 Å². The van der Waals surface area contributed by atoms with Crippen LogP contribution in [0.15, 0.2) is 60.7 Å². The topological polar surface area (TPSA) is 42.9 Å². The summed E-state index contributed by atoms with van der Waals surface area (Å²) in [6.45, 7) is 1.95. The predicted octanol–water partition coefficient (Wildman–Crippen LogP) is 3.66. The summed E-state index contributed by atoms with van der Waals surface area (Å²) in [4.78, 5) is 19.8. The third-order valence-corrected chi connectivity index (χ3v) is 3.26. The molecule has 0 spiro atoms. The Morgan fingerprint density at radius 2 is 1.61 bits per heavy atom. The molecule has 2 aromatic heterocycles. The van der Waals surface area contributed by atoms with Crippen LogP contribution in [0.1, 0.15) is 27.3 Å². The molecule has 0 atom stereocenters. The molecule has 110 valence electrons. The maximum absolute atomic E-state index is 10.8. The van der Waals surface area contributed by atoms with E-state index < -0.39 is 0 Å². The van der Waals surface area contributed by atoms with Gasteiger partial charge in [0, 0.05) is 16.8 Å². The zero-order chi connectivity index (χ0) is 16.1. The van der Waals surface area contributed by atoms with Crippen LogP contribution in [0.3, 0.4) is 0 Å². The summed E-state index contributed by atoms with van der Waals surface area (Å²) in [5, 5.41) is 0. The molecule has 1 aromatic carbocycles. The highest BCUT2D eigenvalue weighted by molar-refractivity contribution is 5.75. The lowest BCUT2D eigenvalue weighted by atomic mass is 10.1. The fourth-order valence-corrected chi connectivity index (χ4v) is 2.16. The van der Waals surface area contributed by atoms with Crippen molar-refractivity contribution >= 4 is 6.29 Å². The largest absolute Gasteiger partial charge is 0.298 e. The number of carbonyl (C=O) groups excluding carboxylic acids is 1. The number of hydrogen-bond donors (Lipinski definition) is 0. The van der Waals surface area contributed by atoms with Crippen LogP contribution in [0.2, 0.25) is 0 Å². The third kappa shape index (κ3) is 3.69. The van der Waals surface area contributed by atoms with Crippen molar-refractivity contribution in [3.63, 3.8) is 0 Å². The Morgan fingerprint density at radius 1 is 0.870 bits per heavy atom. The average Bonchev–Trinajstić information content (AvgIpc) is 2.60. The summed E-state index contributed by atoms with van der Waals surface area (Å²) < 4.78 is 0. The first-order valence-corrected chi connectivity index (χ1v) is 7.23. The zero-order valence-electron chi connectivity index (χ0n) is 12.7. The molecule has 0 amide bonds. The van der Waals surface area contributed by atoms with E-state index in [9.17, 15) is 4.79 Å². The van der Waals surface area contributed by atoms with Crippen LogP contribution in [0.5, 0.6) is 0 Å². The zero-order valence-corrected chi connectivity index (χ0v) is 12.7. The molecule has 0 fully saturated rings. The van der Waals surface area contributed by atoms with E-state index in [0.29, 0.717) is 11.3 Å². The number of aldehydes is 1. The minimum atomic E-state index is 0.613. The molecular formula is C20H14N2O. The fraction of sp³-hybridized carbons (Fsp3) is 0.0500. The van der Waals surface area contributed by atoms with Gasteiger partial charge in [-0.25, -0.2) is 4.98 Å². The first-order valence-electron chi connectivity index (χ1n) is 7.23. The van der Waals surface area contributed by atoms with Gasteiger partial charge in [-0.15, -0.1) is 0 Å². The maximum atomic E-state index is 10.8. The van der Waals surface area contributed by atoms with Gasteiger partial charge in [-0.3, -0.25) is 9.78 Å².